The molecule has 0 bridgehead atoms. The summed E-state index contributed by atoms with van der Waals surface area (Å²) in [6, 6.07) is 23.4. The fourth-order valence-corrected chi connectivity index (χ4v) is 5.87. The first-order valence-electron chi connectivity index (χ1n) is 12.4. The molecule has 1 aliphatic heterocycles. The summed E-state index contributed by atoms with van der Waals surface area (Å²) in [6.45, 7) is 1.61. The molecule has 0 aliphatic carbocycles. The second-order valence-electron chi connectivity index (χ2n) is 8.86. The first-order valence-corrected chi connectivity index (χ1v) is 14.3. The molecule has 37 heavy (non-hydrogen) atoms. The molecule has 0 atom stereocenters. The van der Waals surface area contributed by atoms with Crippen molar-refractivity contribution in [2.45, 2.75) is 37.0 Å². The minimum Gasteiger partial charge on any atom is -0.493 e. The van der Waals surface area contributed by atoms with E-state index in [-0.39, 0.29) is 15.9 Å². The maximum absolute atomic E-state index is 13.0. The van der Waals surface area contributed by atoms with Crippen LogP contribution in [-0.2, 0) is 16.4 Å². The molecule has 194 valence electrons. The molecular formula is C28H31N3O4S2. The zero-order valence-electron chi connectivity index (χ0n) is 20.6. The van der Waals surface area contributed by atoms with Crippen molar-refractivity contribution in [1.82, 2.24) is 9.62 Å². The number of ether oxygens (including phenoxy) is 1. The van der Waals surface area contributed by atoms with Gasteiger partial charge in [0.25, 0.3) is 5.91 Å². The highest BCUT2D eigenvalue weighted by atomic mass is 32.2. The average molecular weight is 538 g/mol. The number of thiocarbonyl (C=S) groups is 1. The molecule has 7 nitrogen and oxygen atoms in total. The molecule has 3 aromatic carbocycles. The highest BCUT2D eigenvalue weighted by Gasteiger charge is 2.25. The van der Waals surface area contributed by atoms with Crippen LogP contribution in [0.4, 0.5) is 5.69 Å². The second kappa shape index (κ2) is 12.8. The number of hydrogen-bond acceptors (Lipinski definition) is 5. The van der Waals surface area contributed by atoms with Crippen molar-refractivity contribution in [2.75, 3.05) is 25.0 Å². The summed E-state index contributed by atoms with van der Waals surface area (Å²) in [6.07, 6.45) is 4.65. The molecule has 3 aromatic rings. The van der Waals surface area contributed by atoms with Crippen LogP contribution in [0.25, 0.3) is 0 Å². The van der Waals surface area contributed by atoms with Gasteiger partial charge >= 0.3 is 0 Å². The van der Waals surface area contributed by atoms with Gasteiger partial charge in [0.15, 0.2) is 5.11 Å². The predicted octanol–water partition coefficient (Wildman–Crippen LogP) is 5.00. The topological polar surface area (TPSA) is 87.7 Å². The van der Waals surface area contributed by atoms with Gasteiger partial charge in [0, 0.05) is 30.8 Å². The average Bonchev–Trinajstić information content (AvgIpc) is 3.20. The third-order valence-corrected chi connectivity index (χ3v) is 8.26. The van der Waals surface area contributed by atoms with Crippen LogP contribution < -0.4 is 15.4 Å². The monoisotopic (exact) mass is 537 g/mol. The minimum absolute atomic E-state index is 0.114. The van der Waals surface area contributed by atoms with E-state index in [1.165, 1.54) is 5.56 Å². The normalized spacial score (nSPS) is 14.4. The number of carbonyl (C=O) groups excluding carboxylic acids is 1. The molecule has 1 fully saturated rings. The number of anilines is 1. The number of sulfonamides is 1. The zero-order chi connectivity index (χ0) is 26.1. The molecule has 0 saturated carbocycles. The van der Waals surface area contributed by atoms with Gasteiger partial charge < -0.3 is 10.1 Å². The summed E-state index contributed by atoms with van der Waals surface area (Å²) in [5, 5.41) is 5.71. The molecule has 0 aromatic heterocycles. The van der Waals surface area contributed by atoms with Gasteiger partial charge in [0.05, 0.1) is 11.5 Å². The lowest BCUT2D eigenvalue weighted by molar-refractivity contribution is 0.0977. The van der Waals surface area contributed by atoms with Gasteiger partial charge in [-0.1, -0.05) is 49.2 Å². The maximum Gasteiger partial charge on any atom is 0.257 e. The van der Waals surface area contributed by atoms with Crippen LogP contribution in [0.5, 0.6) is 5.75 Å². The van der Waals surface area contributed by atoms with Crippen LogP contribution in [-0.4, -0.2) is 43.4 Å². The Morgan fingerprint density at radius 3 is 2.30 bits per heavy atom. The minimum atomic E-state index is -3.52. The van der Waals surface area contributed by atoms with Crippen LogP contribution in [0.3, 0.4) is 0 Å². The lowest BCUT2D eigenvalue weighted by Gasteiger charge is -2.20. The van der Waals surface area contributed by atoms with Crippen molar-refractivity contribution in [3.8, 4) is 5.75 Å². The quantitative estimate of drug-likeness (QED) is 0.393. The van der Waals surface area contributed by atoms with Gasteiger partial charge in [0.2, 0.25) is 10.0 Å². The molecule has 1 heterocycles. The molecule has 1 amide bonds. The third-order valence-electron chi connectivity index (χ3n) is 6.14. The van der Waals surface area contributed by atoms with E-state index in [0.29, 0.717) is 36.7 Å². The lowest BCUT2D eigenvalue weighted by atomic mass is 10.2. The van der Waals surface area contributed by atoms with Crippen LogP contribution in [0.2, 0.25) is 0 Å². The molecule has 1 saturated heterocycles. The van der Waals surface area contributed by atoms with Crippen LogP contribution in [0.1, 0.15) is 41.6 Å². The van der Waals surface area contributed by atoms with Crippen LogP contribution in [0.15, 0.2) is 83.8 Å². The summed E-state index contributed by atoms with van der Waals surface area (Å²) in [5.41, 5.74) is 2.18. The van der Waals surface area contributed by atoms with E-state index in [0.717, 1.165) is 32.1 Å². The zero-order valence-corrected chi connectivity index (χ0v) is 22.2. The summed E-state index contributed by atoms with van der Waals surface area (Å²) in [4.78, 5) is 13.0. The first-order chi connectivity index (χ1) is 17.9. The largest absolute Gasteiger partial charge is 0.493 e. The van der Waals surface area contributed by atoms with E-state index in [9.17, 15) is 13.2 Å². The van der Waals surface area contributed by atoms with Crippen molar-refractivity contribution in [1.29, 1.82) is 0 Å². The van der Waals surface area contributed by atoms with Crippen molar-refractivity contribution in [3.63, 3.8) is 0 Å². The Bertz CT molecular complexity index is 1300. The van der Waals surface area contributed by atoms with Crippen LogP contribution >= 0.6 is 12.2 Å². The molecule has 0 unspecified atom stereocenters. The molecule has 4 rings (SSSR count). The Kier molecular flexibility index (Phi) is 9.27. The number of nitrogens with one attached hydrogen (secondary N) is 2. The molecule has 0 radical (unpaired) electrons. The van der Waals surface area contributed by atoms with Gasteiger partial charge in [-0.2, -0.15) is 4.31 Å². The van der Waals surface area contributed by atoms with Gasteiger partial charge in [-0.15, -0.1) is 0 Å². The van der Waals surface area contributed by atoms with E-state index < -0.39 is 10.0 Å². The van der Waals surface area contributed by atoms with Gasteiger partial charge in [-0.3, -0.25) is 10.1 Å². The summed E-state index contributed by atoms with van der Waals surface area (Å²) >= 11 is 5.29. The molecule has 2 N–H and O–H groups in total. The van der Waals surface area contributed by atoms with Crippen molar-refractivity contribution in [2.24, 2.45) is 0 Å². The Morgan fingerprint density at radius 1 is 0.892 bits per heavy atom. The first kappa shape index (κ1) is 26.8. The van der Waals surface area contributed by atoms with Crippen molar-refractivity contribution < 1.29 is 17.9 Å². The van der Waals surface area contributed by atoms with Gasteiger partial charge in [-0.05, 0) is 73.1 Å². The molecule has 9 heteroatoms. The number of benzene rings is 3. The number of rotatable bonds is 8. The Balaban J connectivity index is 1.29. The number of carbonyl (C=O) groups is 1. The van der Waals surface area contributed by atoms with Gasteiger partial charge in [0.1, 0.15) is 5.75 Å². The molecule has 0 spiro atoms. The SMILES string of the molecule is O=C(NC(=S)Nc1ccc(S(=O)(=O)N2CCCCCC2)cc1)c1cccc(OCCc2ccccc2)c1. The summed E-state index contributed by atoms with van der Waals surface area (Å²) in [7, 11) is -3.52. The lowest BCUT2D eigenvalue weighted by Crippen LogP contribution is -2.34. The fourth-order valence-electron chi connectivity index (χ4n) is 4.14. The smallest absolute Gasteiger partial charge is 0.257 e. The second-order valence-corrected chi connectivity index (χ2v) is 11.2. The standard InChI is InChI=1S/C28H31N3O4S2/c32-27(23-11-8-12-25(21-23)35-20-17-22-9-4-3-5-10-22)30-28(36)29-24-13-15-26(16-14-24)37(33,34)31-18-6-1-2-7-19-31/h3-5,8-16,21H,1-2,6-7,17-20H2,(H2,29,30,32,36). The van der Waals surface area contributed by atoms with E-state index in [1.54, 1.807) is 52.8 Å². The fraction of sp³-hybridized carbons (Fsp3) is 0.286. The Hall–Kier alpha value is -3.27. The molecular weight excluding hydrogens is 506 g/mol. The number of hydrogen-bond donors (Lipinski definition) is 2. The van der Waals surface area contributed by atoms with Gasteiger partial charge in [-0.25, -0.2) is 8.42 Å². The van der Waals surface area contributed by atoms with E-state index >= 15 is 0 Å². The van der Waals surface area contributed by atoms with E-state index in [2.05, 4.69) is 10.6 Å². The van der Waals surface area contributed by atoms with Crippen LogP contribution in [0, 0.1) is 0 Å². The highest BCUT2D eigenvalue weighted by molar-refractivity contribution is 7.89. The number of amides is 1. The van der Waals surface area contributed by atoms with Crippen molar-refractivity contribution >= 4 is 38.9 Å². The van der Waals surface area contributed by atoms with E-state index in [4.69, 9.17) is 17.0 Å². The predicted molar refractivity (Wildman–Crippen MR) is 149 cm³/mol. The molecule has 1 aliphatic rings. The Morgan fingerprint density at radius 2 is 1.59 bits per heavy atom. The maximum atomic E-state index is 13.0. The van der Waals surface area contributed by atoms with E-state index in [1.807, 2.05) is 30.3 Å². The highest BCUT2D eigenvalue weighted by Crippen LogP contribution is 2.22. The summed E-state index contributed by atoms with van der Waals surface area (Å²) < 4.78 is 33.3. The number of nitrogens with zero attached hydrogens (tertiary/aromatic N) is 1. The Labute approximate surface area is 223 Å². The van der Waals surface area contributed by atoms with Crippen molar-refractivity contribution in [3.05, 3.63) is 90.0 Å². The third kappa shape index (κ3) is 7.61. The summed E-state index contributed by atoms with van der Waals surface area (Å²) in [5.74, 6) is 0.232.